The smallest absolute Gasteiger partial charge is 0.329 e. The number of piperidine rings is 1. The van der Waals surface area contributed by atoms with Gasteiger partial charge in [-0.25, -0.2) is 9.59 Å². The Hall–Kier alpha value is -1.30. The van der Waals surface area contributed by atoms with Gasteiger partial charge in [0.05, 0.1) is 0 Å². The molecule has 1 unspecified atom stereocenters. The van der Waals surface area contributed by atoms with Gasteiger partial charge in [0.15, 0.2) is 0 Å². The maximum Gasteiger partial charge on any atom is 0.329 e. The number of aliphatic carboxylic acids is 1. The van der Waals surface area contributed by atoms with Crippen molar-refractivity contribution in [2.75, 3.05) is 26.7 Å². The van der Waals surface area contributed by atoms with E-state index < -0.39 is 17.5 Å². The summed E-state index contributed by atoms with van der Waals surface area (Å²) in [5, 5.41) is 14.5. The molecule has 1 aliphatic rings. The van der Waals surface area contributed by atoms with Gasteiger partial charge < -0.3 is 20.6 Å². The lowest BCUT2D eigenvalue weighted by molar-refractivity contribution is -0.143. The first kappa shape index (κ1) is 16.8. The summed E-state index contributed by atoms with van der Waals surface area (Å²) in [5.41, 5.74) is -1.12. The molecule has 0 aromatic heterocycles. The van der Waals surface area contributed by atoms with Crippen LogP contribution in [0, 0.1) is 5.41 Å². The summed E-state index contributed by atoms with van der Waals surface area (Å²) in [6.45, 7) is 8.06. The van der Waals surface area contributed by atoms with Crippen LogP contribution in [-0.2, 0) is 4.79 Å². The summed E-state index contributed by atoms with van der Waals surface area (Å²) < 4.78 is 0. The van der Waals surface area contributed by atoms with Crippen molar-refractivity contribution in [2.24, 2.45) is 5.41 Å². The van der Waals surface area contributed by atoms with Gasteiger partial charge in [0, 0.05) is 6.54 Å². The highest BCUT2D eigenvalue weighted by Crippen LogP contribution is 2.29. The van der Waals surface area contributed by atoms with Gasteiger partial charge in [0.2, 0.25) is 0 Å². The van der Waals surface area contributed by atoms with Crippen molar-refractivity contribution in [1.29, 1.82) is 0 Å². The molecule has 1 heterocycles. The number of likely N-dealkylation sites (tertiary alicyclic amines) is 1. The van der Waals surface area contributed by atoms with Crippen LogP contribution in [0.15, 0.2) is 0 Å². The fraction of sp³-hybridized carbons (Fsp3) is 0.857. The summed E-state index contributed by atoms with van der Waals surface area (Å²) in [6.07, 6.45) is 2.42. The highest BCUT2D eigenvalue weighted by atomic mass is 16.4. The molecule has 2 amide bonds. The number of carboxylic acids is 1. The third-order valence-corrected chi connectivity index (χ3v) is 4.44. The Morgan fingerprint density at radius 2 is 1.90 bits per heavy atom. The van der Waals surface area contributed by atoms with Gasteiger partial charge in [-0.05, 0) is 51.7 Å². The number of rotatable bonds is 5. The molecule has 20 heavy (non-hydrogen) atoms. The van der Waals surface area contributed by atoms with E-state index in [1.54, 1.807) is 6.92 Å². The number of carbonyl (C=O) groups is 2. The second-order valence-electron chi connectivity index (χ2n) is 6.41. The number of carbonyl (C=O) groups excluding carboxylic acids is 1. The van der Waals surface area contributed by atoms with Gasteiger partial charge in [0.25, 0.3) is 0 Å². The molecule has 3 N–H and O–H groups in total. The van der Waals surface area contributed by atoms with E-state index in [0.29, 0.717) is 13.0 Å². The molecule has 6 heteroatoms. The molecule has 1 aliphatic heterocycles. The van der Waals surface area contributed by atoms with Crippen molar-refractivity contribution in [3.05, 3.63) is 0 Å². The highest BCUT2D eigenvalue weighted by molar-refractivity contribution is 5.85. The van der Waals surface area contributed by atoms with Crippen LogP contribution < -0.4 is 10.6 Å². The zero-order chi connectivity index (χ0) is 15.4. The van der Waals surface area contributed by atoms with E-state index >= 15 is 0 Å². The molecular weight excluding hydrogens is 258 g/mol. The topological polar surface area (TPSA) is 81.7 Å². The molecule has 0 saturated carbocycles. The molecule has 0 aromatic rings. The molecular formula is C14H27N3O3. The van der Waals surface area contributed by atoms with Gasteiger partial charge >= 0.3 is 12.0 Å². The van der Waals surface area contributed by atoms with Gasteiger partial charge in [-0.15, -0.1) is 0 Å². The van der Waals surface area contributed by atoms with E-state index in [1.165, 1.54) is 6.92 Å². The Balaban J connectivity index is 2.45. The maximum atomic E-state index is 11.9. The zero-order valence-electron chi connectivity index (χ0n) is 13.0. The van der Waals surface area contributed by atoms with Crippen LogP contribution in [0.2, 0.25) is 0 Å². The van der Waals surface area contributed by atoms with Gasteiger partial charge in [-0.2, -0.15) is 0 Å². The predicted molar refractivity (Wildman–Crippen MR) is 77.7 cm³/mol. The first-order valence-electron chi connectivity index (χ1n) is 7.19. The van der Waals surface area contributed by atoms with E-state index in [-0.39, 0.29) is 5.41 Å². The molecule has 1 fully saturated rings. The average Bonchev–Trinajstić information content (AvgIpc) is 2.40. The largest absolute Gasteiger partial charge is 0.480 e. The number of nitrogens with zero attached hydrogens (tertiary/aromatic N) is 1. The normalized spacial score (nSPS) is 21.8. The monoisotopic (exact) mass is 285 g/mol. The average molecular weight is 285 g/mol. The molecule has 116 valence electrons. The number of nitrogens with one attached hydrogen (secondary N) is 2. The van der Waals surface area contributed by atoms with E-state index in [4.69, 9.17) is 5.11 Å². The standard InChI is InChI=1S/C14H27N3O3/c1-5-14(3,11(18)19)16-12(20)15-10-13(2)6-8-17(4)9-7-13/h5-10H2,1-4H3,(H,18,19)(H2,15,16,20). The first-order valence-corrected chi connectivity index (χ1v) is 7.19. The fourth-order valence-electron chi connectivity index (χ4n) is 2.22. The zero-order valence-corrected chi connectivity index (χ0v) is 13.0. The third-order valence-electron chi connectivity index (χ3n) is 4.44. The lowest BCUT2D eigenvalue weighted by Gasteiger charge is -2.38. The second kappa shape index (κ2) is 6.43. The highest BCUT2D eigenvalue weighted by Gasteiger charge is 2.34. The van der Waals surface area contributed by atoms with Crippen LogP contribution in [0.1, 0.15) is 40.0 Å². The minimum Gasteiger partial charge on any atom is -0.480 e. The molecule has 0 radical (unpaired) electrons. The molecule has 0 aliphatic carbocycles. The molecule has 0 bridgehead atoms. The number of urea groups is 1. The number of hydrogen-bond acceptors (Lipinski definition) is 3. The Morgan fingerprint density at radius 1 is 1.35 bits per heavy atom. The third kappa shape index (κ3) is 4.37. The van der Waals surface area contributed by atoms with E-state index in [9.17, 15) is 9.59 Å². The summed E-state index contributed by atoms with van der Waals surface area (Å²) in [4.78, 5) is 25.3. The van der Waals surface area contributed by atoms with E-state index in [0.717, 1.165) is 25.9 Å². The fourth-order valence-corrected chi connectivity index (χ4v) is 2.22. The second-order valence-corrected chi connectivity index (χ2v) is 6.41. The van der Waals surface area contributed by atoms with Gasteiger partial charge in [-0.3, -0.25) is 0 Å². The van der Waals surface area contributed by atoms with E-state index in [2.05, 4.69) is 29.5 Å². The van der Waals surface area contributed by atoms with Crippen molar-refractivity contribution in [1.82, 2.24) is 15.5 Å². The molecule has 1 saturated heterocycles. The Bertz CT molecular complexity index is 365. The van der Waals surface area contributed by atoms with Crippen LogP contribution in [0.3, 0.4) is 0 Å². The minimum atomic E-state index is -1.21. The minimum absolute atomic E-state index is 0.0929. The summed E-state index contributed by atoms with van der Waals surface area (Å²) in [7, 11) is 2.10. The summed E-state index contributed by atoms with van der Waals surface area (Å²) in [5.74, 6) is -1.01. The number of carboxylic acid groups (broad SMARTS) is 1. The van der Waals surface area contributed by atoms with Crippen molar-refractivity contribution in [3.8, 4) is 0 Å². The maximum absolute atomic E-state index is 11.9. The SMILES string of the molecule is CCC(C)(NC(=O)NCC1(C)CCN(C)CC1)C(=O)O. The van der Waals surface area contributed by atoms with E-state index in [1.807, 2.05) is 0 Å². The number of amides is 2. The number of hydrogen-bond donors (Lipinski definition) is 3. The summed E-state index contributed by atoms with van der Waals surface area (Å²) in [6, 6.07) is -0.406. The molecule has 6 nitrogen and oxygen atoms in total. The predicted octanol–water partition coefficient (Wildman–Crippen LogP) is 1.27. The quantitative estimate of drug-likeness (QED) is 0.710. The Labute approximate surface area is 120 Å². The Morgan fingerprint density at radius 3 is 2.35 bits per heavy atom. The van der Waals surface area contributed by atoms with Crippen LogP contribution in [-0.4, -0.2) is 54.2 Å². The molecule has 1 atom stereocenters. The van der Waals surface area contributed by atoms with Gasteiger partial charge in [-0.1, -0.05) is 13.8 Å². The lowest BCUT2D eigenvalue weighted by Crippen LogP contribution is -2.56. The summed E-state index contributed by atoms with van der Waals surface area (Å²) >= 11 is 0. The van der Waals surface area contributed by atoms with Crippen LogP contribution in [0.4, 0.5) is 4.79 Å². The first-order chi connectivity index (χ1) is 9.21. The van der Waals surface area contributed by atoms with Crippen molar-refractivity contribution in [2.45, 2.75) is 45.6 Å². The molecule has 0 aromatic carbocycles. The van der Waals surface area contributed by atoms with Gasteiger partial charge in [0.1, 0.15) is 5.54 Å². The molecule has 0 spiro atoms. The lowest BCUT2D eigenvalue weighted by atomic mass is 9.80. The molecule has 1 rings (SSSR count). The van der Waals surface area contributed by atoms with Crippen LogP contribution in [0.5, 0.6) is 0 Å². The van der Waals surface area contributed by atoms with Crippen LogP contribution in [0.25, 0.3) is 0 Å². The van der Waals surface area contributed by atoms with Crippen molar-refractivity contribution in [3.63, 3.8) is 0 Å². The van der Waals surface area contributed by atoms with Crippen molar-refractivity contribution < 1.29 is 14.7 Å². The van der Waals surface area contributed by atoms with Crippen LogP contribution >= 0.6 is 0 Å². The van der Waals surface area contributed by atoms with Crippen molar-refractivity contribution >= 4 is 12.0 Å². The Kier molecular flexibility index (Phi) is 5.39.